The molecule has 0 spiro atoms. The molecule has 2 aromatic carbocycles. The van der Waals surface area contributed by atoms with Gasteiger partial charge in [0.15, 0.2) is 0 Å². The number of aromatic carboxylic acids is 1. The second-order valence-electron chi connectivity index (χ2n) is 4.09. The Balaban J connectivity index is 2.12. The van der Waals surface area contributed by atoms with Crippen molar-refractivity contribution in [1.82, 2.24) is 0 Å². The van der Waals surface area contributed by atoms with E-state index in [1.54, 1.807) is 30.0 Å². The van der Waals surface area contributed by atoms with Crippen LogP contribution in [0.3, 0.4) is 0 Å². The van der Waals surface area contributed by atoms with Gasteiger partial charge in [-0.2, -0.15) is 0 Å². The molecule has 0 atom stereocenters. The van der Waals surface area contributed by atoms with Crippen LogP contribution in [0.15, 0.2) is 47.4 Å². The monoisotopic (exact) mass is 308 g/mol. The van der Waals surface area contributed by atoms with E-state index in [-0.39, 0.29) is 5.56 Å². The molecule has 0 aliphatic heterocycles. The maximum Gasteiger partial charge on any atom is 0.339 e. The van der Waals surface area contributed by atoms with E-state index >= 15 is 0 Å². The van der Waals surface area contributed by atoms with Crippen molar-refractivity contribution in [3.8, 4) is 5.75 Å². The smallest absolute Gasteiger partial charge is 0.339 e. The Hall–Kier alpha value is -1.65. The summed E-state index contributed by atoms with van der Waals surface area (Å²) >= 11 is 7.56. The third-order valence-electron chi connectivity index (χ3n) is 2.70. The van der Waals surface area contributed by atoms with Gasteiger partial charge >= 0.3 is 5.97 Å². The number of halogens is 1. The lowest BCUT2D eigenvalue weighted by molar-refractivity contribution is 0.0693. The van der Waals surface area contributed by atoms with Crippen molar-refractivity contribution in [3.05, 3.63) is 58.6 Å². The lowest BCUT2D eigenvalue weighted by Gasteiger charge is -2.08. The van der Waals surface area contributed by atoms with Gasteiger partial charge in [0, 0.05) is 15.7 Å². The topological polar surface area (TPSA) is 46.5 Å². The van der Waals surface area contributed by atoms with Crippen LogP contribution >= 0.6 is 23.4 Å². The Labute approximate surface area is 126 Å². The lowest BCUT2D eigenvalue weighted by atomic mass is 10.1. The Morgan fingerprint density at radius 2 is 2.10 bits per heavy atom. The lowest BCUT2D eigenvalue weighted by Crippen LogP contribution is -2.00. The molecule has 104 valence electrons. The molecule has 2 aromatic rings. The Kier molecular flexibility index (Phi) is 4.93. The normalized spacial score (nSPS) is 10.3. The molecule has 0 saturated carbocycles. The molecule has 0 aromatic heterocycles. The van der Waals surface area contributed by atoms with Crippen molar-refractivity contribution in [1.29, 1.82) is 0 Å². The predicted molar refractivity (Wildman–Crippen MR) is 81.0 cm³/mol. The van der Waals surface area contributed by atoms with Crippen molar-refractivity contribution in [2.45, 2.75) is 10.6 Å². The Morgan fingerprint density at radius 1 is 1.30 bits per heavy atom. The van der Waals surface area contributed by atoms with Gasteiger partial charge in [-0.3, -0.25) is 0 Å². The minimum absolute atomic E-state index is 0.170. The Morgan fingerprint density at radius 3 is 2.75 bits per heavy atom. The first-order chi connectivity index (χ1) is 9.60. The van der Waals surface area contributed by atoms with Crippen molar-refractivity contribution >= 4 is 29.3 Å². The van der Waals surface area contributed by atoms with Gasteiger partial charge in [0.25, 0.3) is 0 Å². The summed E-state index contributed by atoms with van der Waals surface area (Å²) in [4.78, 5) is 12.1. The van der Waals surface area contributed by atoms with Crippen LogP contribution in [-0.4, -0.2) is 18.2 Å². The number of benzene rings is 2. The third kappa shape index (κ3) is 3.68. The first kappa shape index (κ1) is 14.8. The molecule has 1 N–H and O–H groups in total. The Bertz CT molecular complexity index is 628. The first-order valence-electron chi connectivity index (χ1n) is 5.88. The predicted octanol–water partition coefficient (Wildman–Crippen LogP) is 4.34. The molecule has 0 heterocycles. The fourth-order valence-electron chi connectivity index (χ4n) is 1.73. The first-order valence-corrected chi connectivity index (χ1v) is 7.25. The summed E-state index contributed by atoms with van der Waals surface area (Å²) in [6.45, 7) is 0. The molecule has 0 bridgehead atoms. The standard InChI is InChI=1S/C15H13ClO3S/c1-19-14-7-10(5-6-13(14)15(17)18)9-20-12-4-2-3-11(16)8-12/h2-8H,9H2,1H3,(H,17,18). The second-order valence-corrected chi connectivity index (χ2v) is 5.57. The van der Waals surface area contributed by atoms with Gasteiger partial charge in [-0.1, -0.05) is 23.7 Å². The van der Waals surface area contributed by atoms with Gasteiger partial charge < -0.3 is 9.84 Å². The van der Waals surface area contributed by atoms with Crippen LogP contribution in [0.2, 0.25) is 5.02 Å². The summed E-state index contributed by atoms with van der Waals surface area (Å²) in [6.07, 6.45) is 0. The summed E-state index contributed by atoms with van der Waals surface area (Å²) in [5, 5.41) is 9.73. The third-order valence-corrected chi connectivity index (χ3v) is 4.00. The molecule has 20 heavy (non-hydrogen) atoms. The number of carbonyl (C=O) groups is 1. The summed E-state index contributed by atoms with van der Waals surface area (Å²) in [7, 11) is 1.47. The van der Waals surface area contributed by atoms with Crippen LogP contribution < -0.4 is 4.74 Å². The average molecular weight is 309 g/mol. The zero-order valence-electron chi connectivity index (χ0n) is 10.8. The van der Waals surface area contributed by atoms with Crippen molar-refractivity contribution in [2.24, 2.45) is 0 Å². The minimum atomic E-state index is -0.990. The van der Waals surface area contributed by atoms with E-state index in [1.165, 1.54) is 7.11 Å². The highest BCUT2D eigenvalue weighted by molar-refractivity contribution is 7.98. The summed E-state index contributed by atoms with van der Waals surface area (Å²) < 4.78 is 5.11. The van der Waals surface area contributed by atoms with Gasteiger partial charge in [0.2, 0.25) is 0 Å². The molecule has 2 rings (SSSR count). The van der Waals surface area contributed by atoms with Crippen LogP contribution in [0.25, 0.3) is 0 Å². The molecular formula is C15H13ClO3S. The molecule has 0 radical (unpaired) electrons. The van der Waals surface area contributed by atoms with Crippen molar-refractivity contribution in [2.75, 3.05) is 7.11 Å². The molecule has 0 aliphatic rings. The molecular weight excluding hydrogens is 296 g/mol. The van der Waals surface area contributed by atoms with Gasteiger partial charge in [0.1, 0.15) is 11.3 Å². The van der Waals surface area contributed by atoms with Crippen LogP contribution in [-0.2, 0) is 5.75 Å². The van der Waals surface area contributed by atoms with Crippen LogP contribution in [0.1, 0.15) is 15.9 Å². The van der Waals surface area contributed by atoms with Crippen molar-refractivity contribution < 1.29 is 14.6 Å². The zero-order chi connectivity index (χ0) is 14.5. The van der Waals surface area contributed by atoms with Crippen LogP contribution in [0.4, 0.5) is 0 Å². The second kappa shape index (κ2) is 6.68. The number of thioether (sulfide) groups is 1. The molecule has 0 aliphatic carbocycles. The summed E-state index contributed by atoms with van der Waals surface area (Å²) in [6, 6.07) is 12.7. The fraction of sp³-hybridized carbons (Fsp3) is 0.133. The number of ether oxygens (including phenoxy) is 1. The van der Waals surface area contributed by atoms with Gasteiger partial charge in [-0.15, -0.1) is 11.8 Å². The van der Waals surface area contributed by atoms with E-state index in [9.17, 15) is 4.79 Å². The van der Waals surface area contributed by atoms with Gasteiger partial charge in [-0.25, -0.2) is 4.79 Å². The van der Waals surface area contributed by atoms with E-state index in [0.717, 1.165) is 16.2 Å². The molecule has 0 saturated heterocycles. The summed E-state index contributed by atoms with van der Waals surface area (Å²) in [5.74, 6) is 0.106. The number of carboxylic acid groups (broad SMARTS) is 1. The molecule has 0 amide bonds. The van der Waals surface area contributed by atoms with E-state index in [2.05, 4.69) is 0 Å². The molecule has 3 nitrogen and oxygen atoms in total. The van der Waals surface area contributed by atoms with E-state index in [0.29, 0.717) is 10.8 Å². The maximum atomic E-state index is 11.0. The minimum Gasteiger partial charge on any atom is -0.496 e. The molecule has 5 heteroatoms. The molecule has 0 fully saturated rings. The van der Waals surface area contributed by atoms with E-state index in [4.69, 9.17) is 21.4 Å². The number of hydrogen-bond acceptors (Lipinski definition) is 3. The maximum absolute atomic E-state index is 11.0. The number of methoxy groups -OCH3 is 1. The van der Waals surface area contributed by atoms with Crippen LogP contribution in [0.5, 0.6) is 5.75 Å². The van der Waals surface area contributed by atoms with Gasteiger partial charge in [-0.05, 0) is 35.9 Å². The van der Waals surface area contributed by atoms with Crippen LogP contribution in [0, 0.1) is 0 Å². The highest BCUT2D eigenvalue weighted by Crippen LogP contribution is 2.28. The quantitative estimate of drug-likeness (QED) is 0.835. The van der Waals surface area contributed by atoms with E-state index < -0.39 is 5.97 Å². The average Bonchev–Trinajstić information content (AvgIpc) is 2.44. The molecule has 0 unspecified atom stereocenters. The fourth-order valence-corrected chi connectivity index (χ4v) is 2.88. The largest absolute Gasteiger partial charge is 0.496 e. The summed E-state index contributed by atoms with van der Waals surface area (Å²) in [5.41, 5.74) is 1.17. The number of hydrogen-bond donors (Lipinski definition) is 1. The highest BCUT2D eigenvalue weighted by atomic mass is 35.5. The SMILES string of the molecule is COc1cc(CSc2cccc(Cl)c2)ccc1C(=O)O. The number of rotatable bonds is 5. The van der Waals surface area contributed by atoms with E-state index in [1.807, 2.05) is 24.3 Å². The highest BCUT2D eigenvalue weighted by Gasteiger charge is 2.11. The zero-order valence-corrected chi connectivity index (χ0v) is 12.4. The van der Waals surface area contributed by atoms with Gasteiger partial charge in [0.05, 0.1) is 7.11 Å². The van der Waals surface area contributed by atoms with Crippen molar-refractivity contribution in [3.63, 3.8) is 0 Å². The number of carboxylic acids is 1.